The van der Waals surface area contributed by atoms with Gasteiger partial charge in [0.1, 0.15) is 0 Å². The van der Waals surface area contributed by atoms with Gasteiger partial charge in [-0.15, -0.1) is 0 Å². The summed E-state index contributed by atoms with van der Waals surface area (Å²) in [5.74, 6) is -0.0500. The Bertz CT molecular complexity index is 243. The largest absolute Gasteiger partial charge is 0.342 e. The van der Waals surface area contributed by atoms with Crippen molar-refractivity contribution >= 4 is 5.91 Å². The van der Waals surface area contributed by atoms with Crippen LogP contribution in [-0.2, 0) is 4.79 Å². The highest BCUT2D eigenvalue weighted by molar-refractivity contribution is 5.78. The van der Waals surface area contributed by atoms with Crippen molar-refractivity contribution in [2.75, 3.05) is 39.3 Å². The topological polar surface area (TPSA) is 49.6 Å². The summed E-state index contributed by atoms with van der Waals surface area (Å²) in [6, 6.07) is 0. The van der Waals surface area contributed by atoms with Crippen molar-refractivity contribution < 1.29 is 13.6 Å². The number of halogens is 2. The van der Waals surface area contributed by atoms with Crippen LogP contribution in [0.15, 0.2) is 0 Å². The van der Waals surface area contributed by atoms with Crippen LogP contribution in [0, 0.1) is 0 Å². The molecule has 0 aromatic rings. The van der Waals surface area contributed by atoms with Crippen LogP contribution < -0.4 is 5.73 Å². The quantitative estimate of drug-likeness (QED) is 0.775. The predicted octanol–water partition coefficient (Wildman–Crippen LogP) is 0.915. The number of likely N-dealkylation sites (tertiary alicyclic amines) is 1. The van der Waals surface area contributed by atoms with Gasteiger partial charge in [-0.1, -0.05) is 12.8 Å². The third-order valence-electron chi connectivity index (χ3n) is 3.16. The molecule has 1 fully saturated rings. The Hall–Kier alpha value is -0.750. The number of nitrogens with zero attached hydrogens (tertiary/aromatic N) is 2. The third kappa shape index (κ3) is 5.73. The van der Waals surface area contributed by atoms with Crippen LogP contribution in [-0.4, -0.2) is 61.4 Å². The van der Waals surface area contributed by atoms with Crippen molar-refractivity contribution in [3.63, 3.8) is 0 Å². The second kappa shape index (κ2) is 8.37. The highest BCUT2D eigenvalue weighted by atomic mass is 19.3. The first-order chi connectivity index (χ1) is 8.63. The van der Waals surface area contributed by atoms with Crippen molar-refractivity contribution in [3.05, 3.63) is 0 Å². The van der Waals surface area contributed by atoms with Crippen LogP contribution in [0.5, 0.6) is 0 Å². The zero-order valence-corrected chi connectivity index (χ0v) is 10.8. The molecule has 0 bridgehead atoms. The number of hydrogen-bond acceptors (Lipinski definition) is 3. The average Bonchev–Trinajstić information content (AvgIpc) is 2.56. The van der Waals surface area contributed by atoms with E-state index in [4.69, 9.17) is 5.73 Å². The maximum absolute atomic E-state index is 12.4. The molecule has 0 unspecified atom stereocenters. The lowest BCUT2D eigenvalue weighted by Crippen LogP contribution is -2.44. The third-order valence-corrected chi connectivity index (χ3v) is 3.16. The second-order valence-corrected chi connectivity index (χ2v) is 4.71. The van der Waals surface area contributed by atoms with Crippen LogP contribution in [0.25, 0.3) is 0 Å². The smallest absolute Gasteiger partial charge is 0.251 e. The fraction of sp³-hybridized carbons (Fsp3) is 0.917. The van der Waals surface area contributed by atoms with Gasteiger partial charge in [0.25, 0.3) is 6.43 Å². The van der Waals surface area contributed by atoms with Crippen molar-refractivity contribution in [1.82, 2.24) is 9.80 Å². The lowest BCUT2D eigenvalue weighted by atomic mass is 10.2. The van der Waals surface area contributed by atoms with Gasteiger partial charge in [0.05, 0.1) is 13.1 Å². The van der Waals surface area contributed by atoms with Gasteiger partial charge in [-0.05, 0) is 12.8 Å². The standard InChI is InChI=1S/C12H23F2N3O/c13-11(14)9-16(8-5-15)10-12(18)17-6-3-1-2-4-7-17/h11H,1-10,15H2. The number of amides is 1. The van der Waals surface area contributed by atoms with E-state index in [0.29, 0.717) is 13.1 Å². The van der Waals surface area contributed by atoms with E-state index < -0.39 is 6.43 Å². The maximum atomic E-state index is 12.4. The molecule has 1 amide bonds. The van der Waals surface area contributed by atoms with Gasteiger partial charge in [-0.2, -0.15) is 0 Å². The highest BCUT2D eigenvalue weighted by Gasteiger charge is 2.20. The van der Waals surface area contributed by atoms with Crippen LogP contribution >= 0.6 is 0 Å². The summed E-state index contributed by atoms with van der Waals surface area (Å²) in [5, 5.41) is 0. The molecule has 1 rings (SSSR count). The molecule has 0 radical (unpaired) electrons. The Labute approximate surface area is 107 Å². The first kappa shape index (κ1) is 15.3. The first-order valence-corrected chi connectivity index (χ1v) is 6.62. The van der Waals surface area contributed by atoms with Gasteiger partial charge < -0.3 is 10.6 Å². The van der Waals surface area contributed by atoms with E-state index >= 15 is 0 Å². The van der Waals surface area contributed by atoms with Crippen molar-refractivity contribution in [1.29, 1.82) is 0 Å². The summed E-state index contributed by atoms with van der Waals surface area (Å²) < 4.78 is 24.7. The van der Waals surface area contributed by atoms with Crippen LogP contribution in [0.1, 0.15) is 25.7 Å². The van der Waals surface area contributed by atoms with Gasteiger partial charge in [0, 0.05) is 26.2 Å². The van der Waals surface area contributed by atoms with Crippen molar-refractivity contribution in [2.45, 2.75) is 32.1 Å². The molecule has 1 aliphatic rings. The molecule has 4 nitrogen and oxygen atoms in total. The molecule has 0 aromatic heterocycles. The Morgan fingerprint density at radius 1 is 1.22 bits per heavy atom. The summed E-state index contributed by atoms with van der Waals surface area (Å²) in [4.78, 5) is 15.3. The molecule has 0 aromatic carbocycles. The molecule has 106 valence electrons. The monoisotopic (exact) mass is 263 g/mol. The molecule has 0 spiro atoms. The van der Waals surface area contributed by atoms with E-state index in [1.165, 1.54) is 4.90 Å². The summed E-state index contributed by atoms with van der Waals surface area (Å²) in [5.41, 5.74) is 5.37. The predicted molar refractivity (Wildman–Crippen MR) is 66.5 cm³/mol. The number of carbonyl (C=O) groups is 1. The molecule has 1 aliphatic heterocycles. The average molecular weight is 263 g/mol. The Kier molecular flexibility index (Phi) is 7.12. The molecule has 18 heavy (non-hydrogen) atoms. The summed E-state index contributed by atoms with van der Waals surface area (Å²) in [7, 11) is 0. The second-order valence-electron chi connectivity index (χ2n) is 4.71. The maximum Gasteiger partial charge on any atom is 0.251 e. The number of nitrogens with two attached hydrogens (primary N) is 1. The van der Waals surface area contributed by atoms with E-state index in [-0.39, 0.29) is 19.0 Å². The van der Waals surface area contributed by atoms with E-state index in [2.05, 4.69) is 0 Å². The normalized spacial score (nSPS) is 17.3. The van der Waals surface area contributed by atoms with Gasteiger partial charge in [-0.25, -0.2) is 8.78 Å². The zero-order chi connectivity index (χ0) is 13.4. The lowest BCUT2D eigenvalue weighted by Gasteiger charge is -2.26. The summed E-state index contributed by atoms with van der Waals surface area (Å²) in [6.07, 6.45) is 1.89. The number of rotatable bonds is 6. The minimum Gasteiger partial charge on any atom is -0.342 e. The van der Waals surface area contributed by atoms with Crippen LogP contribution in [0.2, 0.25) is 0 Å². The SMILES string of the molecule is NCCN(CC(=O)N1CCCCCC1)CC(F)F. The molecule has 0 atom stereocenters. The summed E-state index contributed by atoms with van der Waals surface area (Å²) in [6.45, 7) is 1.82. The molecule has 0 saturated carbocycles. The fourth-order valence-electron chi connectivity index (χ4n) is 2.22. The minimum absolute atomic E-state index is 0.0500. The first-order valence-electron chi connectivity index (χ1n) is 6.62. The van der Waals surface area contributed by atoms with Crippen molar-refractivity contribution in [2.24, 2.45) is 5.73 Å². The van der Waals surface area contributed by atoms with Crippen molar-refractivity contribution in [3.8, 4) is 0 Å². The van der Waals surface area contributed by atoms with E-state index in [9.17, 15) is 13.6 Å². The van der Waals surface area contributed by atoms with Gasteiger partial charge in [0.15, 0.2) is 0 Å². The fourth-order valence-corrected chi connectivity index (χ4v) is 2.22. The number of carbonyl (C=O) groups excluding carboxylic acids is 1. The minimum atomic E-state index is -2.42. The number of hydrogen-bond donors (Lipinski definition) is 1. The van der Waals surface area contributed by atoms with Gasteiger partial charge >= 0.3 is 0 Å². The molecule has 1 saturated heterocycles. The van der Waals surface area contributed by atoms with Crippen LogP contribution in [0.3, 0.4) is 0 Å². The van der Waals surface area contributed by atoms with Gasteiger partial charge in [-0.3, -0.25) is 9.69 Å². The molecular weight excluding hydrogens is 240 g/mol. The van der Waals surface area contributed by atoms with Gasteiger partial charge in [0.2, 0.25) is 5.91 Å². The Morgan fingerprint density at radius 2 is 1.83 bits per heavy atom. The lowest BCUT2D eigenvalue weighted by molar-refractivity contribution is -0.132. The number of alkyl halides is 2. The zero-order valence-electron chi connectivity index (χ0n) is 10.8. The molecule has 0 aliphatic carbocycles. The molecule has 1 heterocycles. The highest BCUT2D eigenvalue weighted by Crippen LogP contribution is 2.10. The van der Waals surface area contributed by atoms with E-state index in [1.54, 1.807) is 4.90 Å². The Balaban J connectivity index is 2.42. The molecular formula is C12H23F2N3O. The Morgan fingerprint density at radius 3 is 2.33 bits per heavy atom. The molecule has 6 heteroatoms. The molecule has 2 N–H and O–H groups in total. The summed E-state index contributed by atoms with van der Waals surface area (Å²) >= 11 is 0. The van der Waals surface area contributed by atoms with Crippen LogP contribution in [0.4, 0.5) is 8.78 Å². The van der Waals surface area contributed by atoms with E-state index in [0.717, 1.165) is 38.8 Å². The van der Waals surface area contributed by atoms with E-state index in [1.807, 2.05) is 0 Å².